The summed E-state index contributed by atoms with van der Waals surface area (Å²) in [5, 5.41) is 2.75. The molecule has 0 aliphatic rings. The molecule has 0 amide bonds. The van der Waals surface area contributed by atoms with Gasteiger partial charge in [-0.25, -0.2) is 4.98 Å². The van der Waals surface area contributed by atoms with Crippen LogP contribution >= 0.6 is 0 Å². The molecule has 1 N–H and O–H groups in total. The van der Waals surface area contributed by atoms with Crippen molar-refractivity contribution in [2.24, 2.45) is 0 Å². The molecule has 0 aliphatic carbocycles. The Kier molecular flexibility index (Phi) is 6.36. The number of rotatable bonds is 3. The maximum absolute atomic E-state index is 11.6. The minimum absolute atomic E-state index is 0.0593. The van der Waals surface area contributed by atoms with E-state index in [0.29, 0.717) is 5.82 Å². The van der Waals surface area contributed by atoms with Crippen molar-refractivity contribution in [3.05, 3.63) is 18.3 Å². The van der Waals surface area contributed by atoms with Gasteiger partial charge in [-0.1, -0.05) is 13.8 Å². The average molecular weight is 204 g/mol. The lowest BCUT2D eigenvalue weighted by molar-refractivity contribution is -0.0500. The highest BCUT2D eigenvalue weighted by atomic mass is 19.3. The van der Waals surface area contributed by atoms with Crippen molar-refractivity contribution in [2.75, 3.05) is 12.4 Å². The van der Waals surface area contributed by atoms with Crippen LogP contribution in [-0.4, -0.2) is 18.6 Å². The highest BCUT2D eigenvalue weighted by molar-refractivity contribution is 5.36. The summed E-state index contributed by atoms with van der Waals surface area (Å²) in [6.07, 6.45) is 1.23. The van der Waals surface area contributed by atoms with Crippen LogP contribution in [0, 0.1) is 0 Å². The molecule has 1 aromatic heterocycles. The van der Waals surface area contributed by atoms with Gasteiger partial charge in [-0.3, -0.25) is 0 Å². The van der Waals surface area contributed by atoms with Gasteiger partial charge in [0.2, 0.25) is 0 Å². The monoisotopic (exact) mass is 204 g/mol. The van der Waals surface area contributed by atoms with Gasteiger partial charge in [-0.05, 0) is 12.1 Å². The fourth-order valence-electron chi connectivity index (χ4n) is 0.701. The van der Waals surface area contributed by atoms with Crippen molar-refractivity contribution in [1.29, 1.82) is 0 Å². The van der Waals surface area contributed by atoms with Crippen molar-refractivity contribution in [1.82, 2.24) is 4.98 Å². The zero-order valence-corrected chi connectivity index (χ0v) is 8.42. The van der Waals surface area contributed by atoms with Gasteiger partial charge in [0.05, 0.1) is 6.20 Å². The van der Waals surface area contributed by atoms with Crippen LogP contribution in [0.15, 0.2) is 18.3 Å². The lowest BCUT2D eigenvalue weighted by atomic mass is 10.4. The maximum atomic E-state index is 11.6. The van der Waals surface area contributed by atoms with E-state index in [1.165, 1.54) is 12.3 Å². The summed E-state index contributed by atoms with van der Waals surface area (Å²) >= 11 is 0. The van der Waals surface area contributed by atoms with Crippen LogP contribution in [0.5, 0.6) is 5.75 Å². The van der Waals surface area contributed by atoms with Crippen LogP contribution in [0.25, 0.3) is 0 Å². The van der Waals surface area contributed by atoms with Crippen molar-refractivity contribution >= 4 is 5.82 Å². The second-order valence-corrected chi connectivity index (χ2v) is 2.01. The Hall–Kier alpha value is -1.39. The molecule has 5 heteroatoms. The average Bonchev–Trinajstić information content (AvgIpc) is 2.21. The summed E-state index contributed by atoms with van der Waals surface area (Å²) in [4.78, 5) is 3.78. The number of halogens is 2. The number of alkyl halides is 2. The molecular weight excluding hydrogens is 190 g/mol. The molecule has 0 aliphatic heterocycles. The van der Waals surface area contributed by atoms with Crippen LogP contribution in [0.2, 0.25) is 0 Å². The van der Waals surface area contributed by atoms with Crippen LogP contribution < -0.4 is 10.1 Å². The summed E-state index contributed by atoms with van der Waals surface area (Å²) in [5.74, 6) is 0.667. The minimum Gasteiger partial charge on any atom is -0.433 e. The molecule has 1 rings (SSSR count). The van der Waals surface area contributed by atoms with Crippen molar-refractivity contribution < 1.29 is 13.5 Å². The normalized spacial score (nSPS) is 9.00. The quantitative estimate of drug-likeness (QED) is 0.822. The van der Waals surface area contributed by atoms with Gasteiger partial charge in [-0.2, -0.15) is 8.78 Å². The van der Waals surface area contributed by atoms with Crippen LogP contribution in [-0.2, 0) is 0 Å². The molecule has 0 spiro atoms. The largest absolute Gasteiger partial charge is 0.433 e. The summed E-state index contributed by atoms with van der Waals surface area (Å²) in [6, 6.07) is 2.97. The Balaban J connectivity index is 0.000000791. The summed E-state index contributed by atoms with van der Waals surface area (Å²) in [6.45, 7) is 1.20. The molecule has 0 unspecified atom stereocenters. The molecule has 14 heavy (non-hydrogen) atoms. The second kappa shape index (κ2) is 7.06. The Morgan fingerprint density at radius 1 is 1.36 bits per heavy atom. The summed E-state index contributed by atoms with van der Waals surface area (Å²) in [7, 11) is 1.69. The predicted molar refractivity (Wildman–Crippen MR) is 51.8 cm³/mol. The third-order valence-electron chi connectivity index (χ3n) is 1.22. The van der Waals surface area contributed by atoms with Gasteiger partial charge in [0.1, 0.15) is 11.6 Å². The first-order valence-electron chi connectivity index (χ1n) is 4.31. The lowest BCUT2D eigenvalue weighted by Crippen LogP contribution is -2.02. The van der Waals surface area contributed by atoms with E-state index in [4.69, 9.17) is 0 Å². The molecule has 3 nitrogen and oxygen atoms in total. The van der Waals surface area contributed by atoms with Gasteiger partial charge in [0.15, 0.2) is 0 Å². The van der Waals surface area contributed by atoms with E-state index in [2.05, 4.69) is 15.0 Å². The van der Waals surface area contributed by atoms with E-state index in [1.54, 1.807) is 13.1 Å². The number of hydrogen-bond donors (Lipinski definition) is 1. The van der Waals surface area contributed by atoms with Gasteiger partial charge in [0, 0.05) is 7.05 Å². The topological polar surface area (TPSA) is 34.1 Å². The molecule has 0 bridgehead atoms. The number of ether oxygens (including phenoxy) is 1. The van der Waals surface area contributed by atoms with E-state index in [1.807, 2.05) is 13.8 Å². The number of nitrogens with one attached hydrogen (secondary N) is 1. The Morgan fingerprint density at radius 2 is 2.00 bits per heavy atom. The molecule has 1 heterocycles. The minimum atomic E-state index is -2.80. The number of hydrogen-bond acceptors (Lipinski definition) is 3. The number of pyridine rings is 1. The number of aromatic nitrogens is 1. The van der Waals surface area contributed by atoms with Crippen molar-refractivity contribution in [3.8, 4) is 5.75 Å². The first kappa shape index (κ1) is 12.6. The first-order valence-corrected chi connectivity index (χ1v) is 4.31. The smallest absolute Gasteiger partial charge is 0.387 e. The molecular formula is C9H14F2N2O. The van der Waals surface area contributed by atoms with Gasteiger partial charge in [-0.15, -0.1) is 0 Å². The number of nitrogens with zero attached hydrogens (tertiary/aromatic N) is 1. The highest BCUT2D eigenvalue weighted by Crippen LogP contribution is 2.13. The summed E-state index contributed by atoms with van der Waals surface area (Å²) in [5.41, 5.74) is 0. The predicted octanol–water partition coefficient (Wildman–Crippen LogP) is 2.75. The molecule has 80 valence electrons. The van der Waals surface area contributed by atoms with E-state index >= 15 is 0 Å². The van der Waals surface area contributed by atoms with Gasteiger partial charge >= 0.3 is 6.61 Å². The van der Waals surface area contributed by atoms with Gasteiger partial charge < -0.3 is 10.1 Å². The fraction of sp³-hybridized carbons (Fsp3) is 0.444. The molecule has 0 atom stereocenters. The zero-order chi connectivity index (χ0) is 11.0. The molecule has 1 aromatic rings. The highest BCUT2D eigenvalue weighted by Gasteiger charge is 2.03. The van der Waals surface area contributed by atoms with Crippen LogP contribution in [0.3, 0.4) is 0 Å². The molecule has 0 saturated carbocycles. The fourth-order valence-corrected chi connectivity index (χ4v) is 0.701. The third kappa shape index (κ3) is 4.59. The van der Waals surface area contributed by atoms with Gasteiger partial charge in [0.25, 0.3) is 0 Å². The molecule has 0 fully saturated rings. The SMILES string of the molecule is CC.CNc1ccc(OC(F)F)cn1. The number of anilines is 1. The van der Waals surface area contributed by atoms with E-state index in [0.717, 1.165) is 0 Å². The van der Waals surface area contributed by atoms with Crippen LogP contribution in [0.1, 0.15) is 13.8 Å². The van der Waals surface area contributed by atoms with Crippen LogP contribution in [0.4, 0.5) is 14.6 Å². The van der Waals surface area contributed by atoms with E-state index in [9.17, 15) is 8.78 Å². The third-order valence-corrected chi connectivity index (χ3v) is 1.22. The van der Waals surface area contributed by atoms with Crippen molar-refractivity contribution in [2.45, 2.75) is 20.5 Å². The molecule has 0 radical (unpaired) electrons. The lowest BCUT2D eigenvalue weighted by Gasteiger charge is -2.03. The Morgan fingerprint density at radius 3 is 2.36 bits per heavy atom. The second-order valence-electron chi connectivity index (χ2n) is 2.01. The van der Waals surface area contributed by atoms with E-state index < -0.39 is 6.61 Å². The first-order chi connectivity index (χ1) is 6.72. The molecule has 0 aromatic carbocycles. The standard InChI is InChI=1S/C7H8F2N2O.C2H6/c1-10-6-3-2-5(4-11-6)12-7(8)9;1-2/h2-4,7H,1H3,(H,10,11);1-2H3. The zero-order valence-electron chi connectivity index (χ0n) is 8.42. The van der Waals surface area contributed by atoms with E-state index in [-0.39, 0.29) is 5.75 Å². The molecule has 0 saturated heterocycles. The van der Waals surface area contributed by atoms with Crippen molar-refractivity contribution in [3.63, 3.8) is 0 Å². The Labute approximate surface area is 82.1 Å². The Bertz CT molecular complexity index is 239. The maximum Gasteiger partial charge on any atom is 0.387 e. The summed E-state index contributed by atoms with van der Waals surface area (Å²) < 4.78 is 27.4.